The van der Waals surface area contributed by atoms with Gasteiger partial charge in [-0.2, -0.15) is 5.26 Å². The lowest BCUT2D eigenvalue weighted by molar-refractivity contribution is -0.136. The number of benzene rings is 2. The fourth-order valence-electron chi connectivity index (χ4n) is 4.61. The largest absolute Gasteiger partial charge is 0.456 e. The number of aliphatic hydroxyl groups excluding tert-OH is 2. The van der Waals surface area contributed by atoms with E-state index in [1.54, 1.807) is 18.5 Å². The minimum Gasteiger partial charge on any atom is -0.456 e. The van der Waals surface area contributed by atoms with Crippen molar-refractivity contribution >= 4 is 5.91 Å². The van der Waals surface area contributed by atoms with Crippen LogP contribution >= 0.6 is 0 Å². The van der Waals surface area contributed by atoms with Crippen LogP contribution in [0.15, 0.2) is 48.9 Å². The molecule has 2 aromatic carbocycles. The van der Waals surface area contributed by atoms with Crippen LogP contribution in [0.25, 0.3) is 0 Å². The molecule has 0 radical (unpaired) electrons. The third-order valence-corrected chi connectivity index (χ3v) is 6.53. The predicted molar refractivity (Wildman–Crippen MR) is 138 cm³/mol. The standard InChI is InChI=1S/C26H27N5O4.C2H6/c27-10-20-2-1-18-7-25(20)35-24-4-3-19(8-23(33)16-32)21(9-24)13-30-6-5-29(15-26(30)34)14-22-11-28-17-31(22)12-18;1-2/h1-4,7,9,11,17,23,32-33H,5-6,8,12-16H2;1-2H3. The Morgan fingerprint density at radius 2 is 1.95 bits per heavy atom. The molecule has 3 aliphatic heterocycles. The lowest BCUT2D eigenvalue weighted by atomic mass is 10.00. The van der Waals surface area contributed by atoms with Crippen molar-refractivity contribution in [3.05, 3.63) is 76.9 Å². The number of carbonyl (C=O) groups is 1. The summed E-state index contributed by atoms with van der Waals surface area (Å²) in [4.78, 5) is 21.3. The van der Waals surface area contributed by atoms with E-state index in [0.717, 1.165) is 28.9 Å². The summed E-state index contributed by atoms with van der Waals surface area (Å²) in [6.07, 6.45) is 2.98. The summed E-state index contributed by atoms with van der Waals surface area (Å²) < 4.78 is 8.22. The fourth-order valence-corrected chi connectivity index (χ4v) is 4.61. The van der Waals surface area contributed by atoms with Gasteiger partial charge in [-0.25, -0.2) is 4.98 Å². The van der Waals surface area contributed by atoms with Crippen molar-refractivity contribution in [1.82, 2.24) is 19.4 Å². The average Bonchev–Trinajstić information content (AvgIpc) is 3.34. The number of hydrogen-bond donors (Lipinski definition) is 2. The van der Waals surface area contributed by atoms with E-state index < -0.39 is 6.10 Å². The highest BCUT2D eigenvalue weighted by atomic mass is 16.5. The molecule has 0 spiro atoms. The summed E-state index contributed by atoms with van der Waals surface area (Å²) in [5.74, 6) is 1.03. The summed E-state index contributed by atoms with van der Waals surface area (Å²) in [5, 5.41) is 29.0. The molecule has 1 saturated heterocycles. The molecular weight excluding hydrogens is 470 g/mol. The average molecular weight is 504 g/mol. The molecule has 9 heteroatoms. The Morgan fingerprint density at radius 3 is 2.70 bits per heavy atom. The molecule has 194 valence electrons. The zero-order chi connectivity index (χ0) is 26.4. The van der Waals surface area contributed by atoms with Gasteiger partial charge in [-0.1, -0.05) is 26.0 Å². The molecule has 3 aromatic rings. The molecule has 0 aliphatic carbocycles. The Morgan fingerprint density at radius 1 is 1.11 bits per heavy atom. The molecular formula is C28H33N5O4. The van der Waals surface area contributed by atoms with E-state index in [9.17, 15) is 20.3 Å². The number of aromatic nitrogens is 2. The third-order valence-electron chi connectivity index (χ3n) is 6.53. The molecule has 0 saturated carbocycles. The Balaban J connectivity index is 0.00000156. The molecule has 2 atom stereocenters. The molecule has 37 heavy (non-hydrogen) atoms. The first-order valence-electron chi connectivity index (χ1n) is 12.6. The van der Waals surface area contributed by atoms with Crippen LogP contribution in [-0.4, -0.2) is 67.8 Å². The summed E-state index contributed by atoms with van der Waals surface area (Å²) in [5.41, 5.74) is 4.08. The van der Waals surface area contributed by atoms with Crippen molar-refractivity contribution in [2.45, 2.75) is 46.0 Å². The third kappa shape index (κ3) is 6.17. The van der Waals surface area contributed by atoms with Crippen molar-refractivity contribution in [1.29, 1.82) is 5.26 Å². The quantitative estimate of drug-likeness (QED) is 0.565. The molecule has 3 aliphatic rings. The Hall–Kier alpha value is -3.71. The van der Waals surface area contributed by atoms with E-state index in [2.05, 4.69) is 16.0 Å². The highest BCUT2D eigenvalue weighted by Crippen LogP contribution is 2.30. The van der Waals surface area contributed by atoms with Gasteiger partial charge in [0, 0.05) is 45.3 Å². The number of amides is 1. The molecule has 1 amide bonds. The second-order valence-electron chi connectivity index (χ2n) is 9.05. The SMILES string of the molecule is CC.N#Cc1ccc2cc1Oc1ccc(CC(O)CO)c(c1)CN1CCN(CC1=O)Cc1cncn1C2. The fraction of sp³-hybridized carbons (Fsp3) is 0.393. The number of fused-ring (bicyclic) bond motifs is 2. The van der Waals surface area contributed by atoms with Crippen molar-refractivity contribution in [3.8, 4) is 17.6 Å². The molecule has 6 bridgehead atoms. The highest BCUT2D eigenvalue weighted by Gasteiger charge is 2.26. The topological polar surface area (TPSA) is 115 Å². The van der Waals surface area contributed by atoms with Crippen molar-refractivity contribution < 1.29 is 19.7 Å². The molecule has 9 nitrogen and oxygen atoms in total. The second kappa shape index (κ2) is 12.0. The zero-order valence-electron chi connectivity index (χ0n) is 21.3. The smallest absolute Gasteiger partial charge is 0.237 e. The van der Waals surface area contributed by atoms with E-state index >= 15 is 0 Å². The number of imidazole rings is 1. The maximum atomic E-state index is 13.0. The lowest BCUT2D eigenvalue weighted by Crippen LogP contribution is -2.49. The second-order valence-corrected chi connectivity index (χ2v) is 9.05. The number of rotatable bonds is 3. The van der Waals surface area contributed by atoms with Crippen LogP contribution < -0.4 is 4.74 Å². The van der Waals surface area contributed by atoms with Gasteiger partial charge >= 0.3 is 0 Å². The van der Waals surface area contributed by atoms with Gasteiger partial charge in [0.15, 0.2) is 0 Å². The zero-order valence-corrected chi connectivity index (χ0v) is 21.3. The summed E-state index contributed by atoms with van der Waals surface area (Å²) >= 11 is 0. The maximum Gasteiger partial charge on any atom is 0.237 e. The first-order chi connectivity index (χ1) is 18.0. The number of nitriles is 1. The van der Waals surface area contributed by atoms with Crippen molar-refractivity contribution in [3.63, 3.8) is 0 Å². The van der Waals surface area contributed by atoms with Crippen LogP contribution in [0.3, 0.4) is 0 Å². The van der Waals surface area contributed by atoms with Crippen LogP contribution in [-0.2, 0) is 30.8 Å². The van der Waals surface area contributed by atoms with Crippen LogP contribution in [0.2, 0.25) is 0 Å². The van der Waals surface area contributed by atoms with E-state index in [-0.39, 0.29) is 18.9 Å². The van der Waals surface area contributed by atoms with Gasteiger partial charge < -0.3 is 24.4 Å². The Labute approximate surface area is 217 Å². The molecule has 1 fully saturated rings. The number of piperazine rings is 1. The van der Waals surface area contributed by atoms with Crippen molar-refractivity contribution in [2.75, 3.05) is 26.2 Å². The maximum absolute atomic E-state index is 13.0. The van der Waals surface area contributed by atoms with Crippen LogP contribution in [0.1, 0.15) is 41.8 Å². The first-order valence-corrected chi connectivity index (χ1v) is 12.6. The molecule has 2 N–H and O–H groups in total. The Kier molecular flexibility index (Phi) is 8.56. The van der Waals surface area contributed by atoms with Crippen LogP contribution in [0, 0.1) is 11.3 Å². The molecule has 1 aromatic heterocycles. The molecule has 4 heterocycles. The normalized spacial score (nSPS) is 17.6. The first kappa shape index (κ1) is 26.4. The number of carbonyl (C=O) groups excluding carboxylic acids is 1. The predicted octanol–water partition coefficient (Wildman–Crippen LogP) is 2.68. The lowest BCUT2D eigenvalue weighted by Gasteiger charge is -2.35. The van der Waals surface area contributed by atoms with E-state index in [1.807, 2.05) is 53.8 Å². The minimum absolute atomic E-state index is 0.0337. The summed E-state index contributed by atoms with van der Waals surface area (Å²) in [7, 11) is 0. The van der Waals surface area contributed by atoms with Crippen molar-refractivity contribution in [2.24, 2.45) is 0 Å². The van der Waals surface area contributed by atoms with E-state index in [0.29, 0.717) is 49.8 Å². The van der Waals surface area contributed by atoms with Gasteiger partial charge in [-0.3, -0.25) is 9.69 Å². The number of ether oxygens (including phenoxy) is 1. The summed E-state index contributed by atoms with van der Waals surface area (Å²) in [6, 6.07) is 13.2. The van der Waals surface area contributed by atoms with Gasteiger partial charge in [-0.15, -0.1) is 0 Å². The monoisotopic (exact) mass is 503 g/mol. The van der Waals surface area contributed by atoms with Gasteiger partial charge in [0.25, 0.3) is 0 Å². The summed E-state index contributed by atoms with van der Waals surface area (Å²) in [6.45, 7) is 6.85. The van der Waals surface area contributed by atoms with Crippen LogP contribution in [0.5, 0.6) is 11.5 Å². The van der Waals surface area contributed by atoms with E-state index in [1.165, 1.54) is 0 Å². The Bertz CT molecular complexity index is 1280. The number of nitrogens with zero attached hydrogens (tertiary/aromatic N) is 5. The van der Waals surface area contributed by atoms with Gasteiger partial charge in [0.1, 0.15) is 17.6 Å². The van der Waals surface area contributed by atoms with Crippen LogP contribution in [0.4, 0.5) is 0 Å². The van der Waals surface area contributed by atoms with Gasteiger partial charge in [-0.05, 0) is 41.0 Å². The minimum atomic E-state index is -0.891. The van der Waals surface area contributed by atoms with E-state index in [4.69, 9.17) is 4.74 Å². The van der Waals surface area contributed by atoms with Gasteiger partial charge in [0.2, 0.25) is 5.91 Å². The van der Waals surface area contributed by atoms with Gasteiger partial charge in [0.05, 0.1) is 36.8 Å². The highest BCUT2D eigenvalue weighted by molar-refractivity contribution is 5.79. The molecule has 2 unspecified atom stereocenters. The molecule has 6 rings (SSSR count). The number of aliphatic hydroxyl groups is 2. The number of hydrogen-bond acceptors (Lipinski definition) is 7.